The Morgan fingerprint density at radius 1 is 1.36 bits per heavy atom. The van der Waals surface area contributed by atoms with Gasteiger partial charge in [0.2, 0.25) is 0 Å². The lowest BCUT2D eigenvalue weighted by atomic mass is 9.97. The van der Waals surface area contributed by atoms with Crippen molar-refractivity contribution in [2.24, 2.45) is 5.92 Å². The minimum atomic E-state index is 0.211. The molecular weight excluding hydrogens is 174 g/mol. The van der Waals surface area contributed by atoms with Gasteiger partial charge < -0.3 is 0 Å². The van der Waals surface area contributed by atoms with Crippen molar-refractivity contribution in [2.45, 2.75) is 52.5 Å². The summed E-state index contributed by atoms with van der Waals surface area (Å²) >= 11 is 0. The summed E-state index contributed by atoms with van der Waals surface area (Å²) in [6.45, 7) is 10.8. The van der Waals surface area contributed by atoms with Crippen molar-refractivity contribution < 1.29 is 4.79 Å². The van der Waals surface area contributed by atoms with Crippen LogP contribution < -0.4 is 0 Å². The molecule has 1 unspecified atom stereocenters. The van der Waals surface area contributed by atoms with Crippen LogP contribution in [0.1, 0.15) is 47.0 Å². The maximum atomic E-state index is 11.7. The molecule has 0 saturated carbocycles. The molecule has 1 heterocycles. The number of ketones is 1. The molecule has 1 atom stereocenters. The molecule has 82 valence electrons. The normalized spacial score (nSPS) is 26.3. The van der Waals surface area contributed by atoms with Crippen molar-refractivity contribution in [3.8, 4) is 0 Å². The predicted octanol–water partition coefficient (Wildman–Crippen LogP) is 2.48. The van der Waals surface area contributed by atoms with Gasteiger partial charge in [0, 0.05) is 24.4 Å². The average molecular weight is 197 g/mol. The van der Waals surface area contributed by atoms with Crippen molar-refractivity contribution in [1.29, 1.82) is 0 Å². The van der Waals surface area contributed by atoms with E-state index in [1.54, 1.807) is 0 Å². The van der Waals surface area contributed by atoms with E-state index in [2.05, 4.69) is 32.6 Å². The molecule has 0 radical (unpaired) electrons. The van der Waals surface area contributed by atoms with E-state index in [1.807, 2.05) is 0 Å². The molecule has 14 heavy (non-hydrogen) atoms. The number of carbonyl (C=O) groups excluding carboxylic acids is 1. The summed E-state index contributed by atoms with van der Waals surface area (Å²) in [5, 5.41) is 0. The second-order valence-corrected chi connectivity index (χ2v) is 5.27. The monoisotopic (exact) mass is 197 g/mol. The Bertz CT molecular complexity index is 205. The van der Waals surface area contributed by atoms with Crippen LogP contribution in [0.4, 0.5) is 0 Å². The molecular formula is C12H23NO. The fourth-order valence-electron chi connectivity index (χ4n) is 2.14. The van der Waals surface area contributed by atoms with Gasteiger partial charge in [0.15, 0.2) is 0 Å². The fraction of sp³-hybridized carbons (Fsp3) is 0.917. The largest absolute Gasteiger partial charge is 0.299 e. The smallest absolute Gasteiger partial charge is 0.137 e. The van der Waals surface area contributed by atoms with Gasteiger partial charge in [0.25, 0.3) is 0 Å². The van der Waals surface area contributed by atoms with Gasteiger partial charge in [-0.05, 0) is 40.2 Å². The number of hydrogen-bond donors (Lipinski definition) is 0. The molecule has 0 aromatic heterocycles. The Morgan fingerprint density at radius 2 is 2.00 bits per heavy atom. The molecule has 0 bridgehead atoms. The van der Waals surface area contributed by atoms with Crippen LogP contribution in [-0.2, 0) is 4.79 Å². The van der Waals surface area contributed by atoms with E-state index in [-0.39, 0.29) is 5.54 Å². The van der Waals surface area contributed by atoms with Gasteiger partial charge in [-0.2, -0.15) is 0 Å². The van der Waals surface area contributed by atoms with E-state index in [9.17, 15) is 4.79 Å². The third kappa shape index (κ3) is 2.81. The van der Waals surface area contributed by atoms with Crippen LogP contribution in [0.3, 0.4) is 0 Å². The predicted molar refractivity (Wildman–Crippen MR) is 59.3 cm³/mol. The Labute approximate surface area is 87.7 Å². The first-order valence-electron chi connectivity index (χ1n) is 5.73. The van der Waals surface area contributed by atoms with Crippen LogP contribution in [0, 0.1) is 5.92 Å². The molecule has 1 fully saturated rings. The summed E-state index contributed by atoms with van der Waals surface area (Å²) < 4.78 is 0. The van der Waals surface area contributed by atoms with E-state index in [4.69, 9.17) is 0 Å². The molecule has 0 aliphatic carbocycles. The molecule has 1 rings (SSSR count). The highest BCUT2D eigenvalue weighted by atomic mass is 16.1. The SMILES string of the molecule is CCC1CCN(C(C)(C)C)CCC1=O. The van der Waals surface area contributed by atoms with Gasteiger partial charge in [0.1, 0.15) is 5.78 Å². The topological polar surface area (TPSA) is 20.3 Å². The third-order valence-electron chi connectivity index (χ3n) is 3.27. The second kappa shape index (κ2) is 4.43. The van der Waals surface area contributed by atoms with Crippen LogP contribution in [0.5, 0.6) is 0 Å². The maximum Gasteiger partial charge on any atom is 0.137 e. The van der Waals surface area contributed by atoms with Gasteiger partial charge in [0.05, 0.1) is 0 Å². The fourth-order valence-corrected chi connectivity index (χ4v) is 2.14. The van der Waals surface area contributed by atoms with E-state index in [1.165, 1.54) is 0 Å². The Morgan fingerprint density at radius 3 is 2.50 bits per heavy atom. The lowest BCUT2D eigenvalue weighted by Gasteiger charge is -2.34. The van der Waals surface area contributed by atoms with Crippen LogP contribution >= 0.6 is 0 Å². The minimum absolute atomic E-state index is 0.211. The van der Waals surface area contributed by atoms with Gasteiger partial charge in [-0.1, -0.05) is 6.92 Å². The van der Waals surface area contributed by atoms with Gasteiger partial charge in [-0.3, -0.25) is 9.69 Å². The zero-order chi connectivity index (χ0) is 10.8. The molecule has 0 aromatic carbocycles. The molecule has 0 amide bonds. The van der Waals surface area contributed by atoms with E-state index in [0.717, 1.165) is 32.4 Å². The summed E-state index contributed by atoms with van der Waals surface area (Å²) in [7, 11) is 0. The van der Waals surface area contributed by atoms with E-state index in [0.29, 0.717) is 11.7 Å². The van der Waals surface area contributed by atoms with Crippen LogP contribution in [-0.4, -0.2) is 29.3 Å². The summed E-state index contributed by atoms with van der Waals surface area (Å²) in [6, 6.07) is 0. The number of nitrogens with zero attached hydrogens (tertiary/aromatic N) is 1. The molecule has 1 aliphatic rings. The summed E-state index contributed by atoms with van der Waals surface area (Å²) in [4.78, 5) is 14.1. The first-order chi connectivity index (χ1) is 6.45. The van der Waals surface area contributed by atoms with Gasteiger partial charge in [-0.15, -0.1) is 0 Å². The Kier molecular flexibility index (Phi) is 3.71. The zero-order valence-corrected chi connectivity index (χ0v) is 9.97. The molecule has 0 spiro atoms. The average Bonchev–Trinajstić information content (AvgIpc) is 2.25. The lowest BCUT2D eigenvalue weighted by molar-refractivity contribution is -0.122. The standard InChI is InChI=1S/C12H23NO/c1-5-10-6-8-13(12(2,3)4)9-7-11(10)14/h10H,5-9H2,1-4H3. The van der Waals surface area contributed by atoms with Crippen LogP contribution in [0.15, 0.2) is 0 Å². The molecule has 1 aliphatic heterocycles. The van der Waals surface area contributed by atoms with Crippen molar-refractivity contribution in [2.75, 3.05) is 13.1 Å². The highest BCUT2D eigenvalue weighted by Gasteiger charge is 2.28. The molecule has 1 saturated heterocycles. The summed E-state index contributed by atoms with van der Waals surface area (Å²) in [6.07, 6.45) is 2.80. The van der Waals surface area contributed by atoms with Crippen molar-refractivity contribution in [3.63, 3.8) is 0 Å². The molecule has 2 heteroatoms. The summed E-state index contributed by atoms with van der Waals surface area (Å²) in [5.74, 6) is 0.793. The lowest BCUT2D eigenvalue weighted by Crippen LogP contribution is -2.41. The third-order valence-corrected chi connectivity index (χ3v) is 3.27. The number of likely N-dealkylation sites (tertiary alicyclic amines) is 1. The van der Waals surface area contributed by atoms with Gasteiger partial charge in [-0.25, -0.2) is 0 Å². The van der Waals surface area contributed by atoms with Gasteiger partial charge >= 0.3 is 0 Å². The number of hydrogen-bond acceptors (Lipinski definition) is 2. The van der Waals surface area contributed by atoms with E-state index >= 15 is 0 Å². The Hall–Kier alpha value is -0.370. The highest BCUT2D eigenvalue weighted by Crippen LogP contribution is 2.22. The molecule has 2 nitrogen and oxygen atoms in total. The van der Waals surface area contributed by atoms with Crippen molar-refractivity contribution in [3.05, 3.63) is 0 Å². The number of Topliss-reactive ketones (excluding diaryl/α,β-unsaturated/α-hetero) is 1. The first-order valence-corrected chi connectivity index (χ1v) is 5.73. The number of carbonyl (C=O) groups is 1. The second-order valence-electron chi connectivity index (χ2n) is 5.27. The maximum absolute atomic E-state index is 11.7. The van der Waals surface area contributed by atoms with Crippen molar-refractivity contribution >= 4 is 5.78 Å². The van der Waals surface area contributed by atoms with Crippen LogP contribution in [0.2, 0.25) is 0 Å². The van der Waals surface area contributed by atoms with Crippen LogP contribution in [0.25, 0.3) is 0 Å². The first kappa shape index (κ1) is 11.7. The highest BCUT2D eigenvalue weighted by molar-refractivity contribution is 5.81. The number of rotatable bonds is 1. The van der Waals surface area contributed by atoms with E-state index < -0.39 is 0 Å². The quantitative estimate of drug-likeness (QED) is 0.643. The Balaban J connectivity index is 2.60. The van der Waals surface area contributed by atoms with Crippen molar-refractivity contribution in [1.82, 2.24) is 4.90 Å². The molecule has 0 N–H and O–H groups in total. The summed E-state index contributed by atoms with van der Waals surface area (Å²) in [5.41, 5.74) is 0.211. The minimum Gasteiger partial charge on any atom is -0.299 e. The molecule has 0 aromatic rings. The zero-order valence-electron chi connectivity index (χ0n) is 9.97.